The summed E-state index contributed by atoms with van der Waals surface area (Å²) >= 11 is 0. The number of fused-ring (bicyclic) bond motifs is 1. The van der Waals surface area contributed by atoms with Crippen molar-refractivity contribution in [3.8, 4) is 11.3 Å². The summed E-state index contributed by atoms with van der Waals surface area (Å²) in [6.45, 7) is 8.29. The molecule has 1 fully saturated rings. The summed E-state index contributed by atoms with van der Waals surface area (Å²) in [5, 5.41) is 23.2. The Morgan fingerprint density at radius 1 is 1.14 bits per heavy atom. The summed E-state index contributed by atoms with van der Waals surface area (Å²) in [5.41, 5.74) is 2.17. The predicted molar refractivity (Wildman–Crippen MR) is 109 cm³/mol. The lowest BCUT2D eigenvalue weighted by Crippen LogP contribution is -2.43. The SMILES string of the molecule is C=[13C]1[13CH2]Nc2ncc(-c3ccc([13C]([13CH3])([13CH3])O)nc3)nc2N1C1CCC(O)CC1. The van der Waals surface area contributed by atoms with Gasteiger partial charge in [0.2, 0.25) is 0 Å². The van der Waals surface area contributed by atoms with E-state index in [0.717, 1.165) is 54.3 Å². The van der Waals surface area contributed by atoms with Crippen molar-refractivity contribution < 1.29 is 10.2 Å². The highest BCUT2D eigenvalue weighted by atomic mass is 16.4. The van der Waals surface area contributed by atoms with Crippen LogP contribution in [-0.2, 0) is 5.60 Å². The van der Waals surface area contributed by atoms with Gasteiger partial charge in [-0.15, -0.1) is 0 Å². The highest BCUT2D eigenvalue weighted by Crippen LogP contribution is 2.36. The molecule has 0 radical (unpaired) electrons. The van der Waals surface area contributed by atoms with Gasteiger partial charge >= 0.3 is 0 Å². The Hall–Kier alpha value is -2.51. The fourth-order valence-electron chi connectivity index (χ4n) is 3.89. The molecule has 7 heteroatoms. The van der Waals surface area contributed by atoms with Gasteiger partial charge in [0.25, 0.3) is 0 Å². The van der Waals surface area contributed by atoms with Crippen LogP contribution in [0.4, 0.5) is 11.6 Å². The molecule has 0 aromatic carbocycles. The van der Waals surface area contributed by atoms with E-state index >= 15 is 0 Å². The quantitative estimate of drug-likeness (QED) is 0.698. The second-order valence-corrected chi connectivity index (χ2v) is 8.17. The molecule has 1 aliphatic carbocycles. The molecule has 0 atom stereocenters. The zero-order valence-corrected chi connectivity index (χ0v) is 16.4. The van der Waals surface area contributed by atoms with Crippen molar-refractivity contribution in [3.05, 3.63) is 42.5 Å². The fourth-order valence-corrected chi connectivity index (χ4v) is 3.89. The minimum atomic E-state index is -0.982. The number of pyridine rings is 1. The maximum atomic E-state index is 10.1. The molecule has 7 nitrogen and oxygen atoms in total. The zero-order chi connectivity index (χ0) is 19.9. The van der Waals surface area contributed by atoms with Gasteiger partial charge in [-0.1, -0.05) is 6.58 Å². The van der Waals surface area contributed by atoms with E-state index in [1.165, 1.54) is 0 Å². The Balaban J connectivity index is 1.67. The van der Waals surface area contributed by atoms with E-state index in [4.69, 9.17) is 4.98 Å². The minimum absolute atomic E-state index is 0.204. The third-order valence-electron chi connectivity index (χ3n) is 5.50. The summed E-state index contributed by atoms with van der Waals surface area (Å²) in [6, 6.07) is 3.99. The van der Waals surface area contributed by atoms with Crippen LogP contribution in [0.5, 0.6) is 0 Å². The van der Waals surface area contributed by atoms with Gasteiger partial charge in [-0.3, -0.25) is 4.98 Å². The first-order valence-corrected chi connectivity index (χ1v) is 9.78. The van der Waals surface area contributed by atoms with E-state index < -0.39 is 5.60 Å². The van der Waals surface area contributed by atoms with Gasteiger partial charge in [-0.05, 0) is 51.7 Å². The third-order valence-corrected chi connectivity index (χ3v) is 5.50. The summed E-state index contributed by atoms with van der Waals surface area (Å²) in [6.07, 6.45) is 6.67. The zero-order valence-electron chi connectivity index (χ0n) is 16.4. The molecule has 0 amide bonds. The van der Waals surface area contributed by atoms with Crippen LogP contribution in [0.15, 0.2) is 36.8 Å². The molecule has 4 rings (SSSR count). The van der Waals surface area contributed by atoms with Gasteiger partial charge in [0.05, 0.1) is 30.2 Å². The van der Waals surface area contributed by atoms with E-state index in [1.54, 1.807) is 26.2 Å². The van der Waals surface area contributed by atoms with Gasteiger partial charge < -0.3 is 20.4 Å². The first-order valence-electron chi connectivity index (χ1n) is 9.78. The van der Waals surface area contributed by atoms with Crippen molar-refractivity contribution >= 4 is 11.6 Å². The number of rotatable bonds is 3. The van der Waals surface area contributed by atoms with E-state index in [1.807, 2.05) is 12.1 Å². The summed E-state index contributed by atoms with van der Waals surface area (Å²) in [5.74, 6) is 1.53. The van der Waals surface area contributed by atoms with Gasteiger partial charge in [0.1, 0.15) is 5.60 Å². The highest BCUT2D eigenvalue weighted by molar-refractivity contribution is 5.72. The smallest absolute Gasteiger partial charge is 0.176 e. The van der Waals surface area contributed by atoms with Crippen LogP contribution in [0.25, 0.3) is 11.3 Å². The van der Waals surface area contributed by atoms with Crippen LogP contribution >= 0.6 is 0 Å². The minimum Gasteiger partial charge on any atom is -0.393 e. The first-order chi connectivity index (χ1) is 13.3. The number of nitrogens with zero attached hydrogens (tertiary/aromatic N) is 4. The Kier molecular flexibility index (Phi) is 4.81. The molecule has 0 bridgehead atoms. The molecular weight excluding hydrogens is 359 g/mol. The number of anilines is 2. The molecule has 1 aliphatic heterocycles. The highest BCUT2D eigenvalue weighted by Gasteiger charge is 2.32. The van der Waals surface area contributed by atoms with Gasteiger partial charge in [-0.25, -0.2) is 9.97 Å². The van der Waals surface area contributed by atoms with E-state index in [9.17, 15) is 10.2 Å². The van der Waals surface area contributed by atoms with Gasteiger partial charge in [0, 0.05) is 23.5 Å². The molecule has 0 unspecified atom stereocenters. The van der Waals surface area contributed by atoms with E-state index in [-0.39, 0.29) is 12.1 Å². The molecule has 2 aromatic heterocycles. The molecular formula is C21H27N5O2. The van der Waals surface area contributed by atoms with Crippen LogP contribution in [0.3, 0.4) is 0 Å². The van der Waals surface area contributed by atoms with Crippen molar-refractivity contribution in [2.45, 2.75) is 57.3 Å². The fraction of sp³-hybridized carbons (Fsp3) is 0.476. The molecule has 1 saturated carbocycles. The number of hydrogen-bond donors (Lipinski definition) is 3. The normalized spacial score (nSPS) is 22.6. The number of hydrogen-bond acceptors (Lipinski definition) is 7. The van der Waals surface area contributed by atoms with Crippen LogP contribution in [0.1, 0.15) is 45.2 Å². The number of aliphatic hydroxyl groups is 2. The summed E-state index contributed by atoms with van der Waals surface area (Å²) in [7, 11) is 0. The molecule has 28 heavy (non-hydrogen) atoms. The molecule has 3 N–H and O–H groups in total. The molecule has 0 spiro atoms. The maximum absolute atomic E-state index is 10.1. The van der Waals surface area contributed by atoms with Gasteiger partial charge in [0.15, 0.2) is 11.6 Å². The Bertz CT molecular complexity index is 867. The Morgan fingerprint density at radius 2 is 1.89 bits per heavy atom. The van der Waals surface area contributed by atoms with Crippen molar-refractivity contribution in [1.29, 1.82) is 0 Å². The molecule has 2 aromatic rings. The van der Waals surface area contributed by atoms with Crippen LogP contribution in [0, 0.1) is 0 Å². The number of aliphatic hydroxyl groups excluding tert-OH is 1. The van der Waals surface area contributed by atoms with Gasteiger partial charge in [-0.2, -0.15) is 0 Å². The lowest BCUT2D eigenvalue weighted by atomic mass is 9.92. The number of aromatic nitrogens is 3. The largest absolute Gasteiger partial charge is 0.393 e. The molecule has 0 saturated heterocycles. The lowest BCUT2D eigenvalue weighted by molar-refractivity contribution is 0.0739. The average molecular weight is 386 g/mol. The number of nitrogens with one attached hydrogen (secondary N) is 1. The topological polar surface area (TPSA) is 94.4 Å². The van der Waals surface area contributed by atoms with E-state index in [2.05, 4.69) is 26.8 Å². The van der Waals surface area contributed by atoms with Crippen molar-refractivity contribution in [1.82, 2.24) is 15.0 Å². The van der Waals surface area contributed by atoms with E-state index in [0.29, 0.717) is 12.2 Å². The molecule has 3 heterocycles. The Morgan fingerprint density at radius 3 is 2.54 bits per heavy atom. The van der Waals surface area contributed by atoms with Crippen molar-refractivity contribution in [2.24, 2.45) is 0 Å². The Labute approximate surface area is 165 Å². The van der Waals surface area contributed by atoms with Crippen LogP contribution in [0.2, 0.25) is 0 Å². The molecule has 148 valence electrons. The second kappa shape index (κ2) is 7.14. The summed E-state index contributed by atoms with van der Waals surface area (Å²) < 4.78 is 0. The molecule has 2 aliphatic rings. The van der Waals surface area contributed by atoms with Crippen LogP contribution < -0.4 is 10.2 Å². The predicted octanol–water partition coefficient (Wildman–Crippen LogP) is 2.82. The first kappa shape index (κ1) is 18.8. The van der Waals surface area contributed by atoms with Crippen LogP contribution in [-0.4, -0.2) is 43.9 Å². The third kappa shape index (κ3) is 3.59. The van der Waals surface area contributed by atoms with Crippen molar-refractivity contribution in [2.75, 3.05) is 16.8 Å². The average Bonchev–Trinajstić information content (AvgIpc) is 2.68. The summed E-state index contributed by atoms with van der Waals surface area (Å²) in [4.78, 5) is 16.0. The maximum Gasteiger partial charge on any atom is 0.176 e. The van der Waals surface area contributed by atoms with Crippen molar-refractivity contribution in [3.63, 3.8) is 0 Å². The monoisotopic (exact) mass is 386 g/mol. The lowest BCUT2D eigenvalue weighted by Gasteiger charge is -2.40. The second-order valence-electron chi connectivity index (χ2n) is 8.17. The standard InChI is InChI=1S/C21H27N5O2/c1-13-10-23-19-20(26(13)15-5-7-16(27)8-6-15)25-17(12-24-19)14-4-9-18(22-11-14)21(2,3)28/h4,9,11-12,15-16,27-28H,1,5-8,10H2,2-3H3,(H,23,24)/i2+1,3+1,10+1,13+1,21+1.